The number of benzene rings is 1. The van der Waals surface area contributed by atoms with Crippen LogP contribution in [0.3, 0.4) is 0 Å². The molecule has 1 aromatic carbocycles. The van der Waals surface area contributed by atoms with Crippen LogP contribution >= 0.6 is 0 Å². The fourth-order valence-electron chi connectivity index (χ4n) is 2.02. The lowest BCUT2D eigenvalue weighted by Gasteiger charge is -2.32. The largest absolute Gasteiger partial charge is 0.397 e. The van der Waals surface area contributed by atoms with E-state index in [1.54, 1.807) is 12.1 Å². The highest BCUT2D eigenvalue weighted by molar-refractivity contribution is 5.69. The quantitative estimate of drug-likeness (QED) is 0.691. The Labute approximate surface area is 94.9 Å². The van der Waals surface area contributed by atoms with Gasteiger partial charge in [0.1, 0.15) is 0 Å². The van der Waals surface area contributed by atoms with Crippen LogP contribution in [0.4, 0.5) is 11.4 Å². The number of nitrogen functional groups attached to an aromatic ring is 1. The second-order valence-electron chi connectivity index (χ2n) is 4.10. The molecule has 0 bridgehead atoms. The third-order valence-corrected chi connectivity index (χ3v) is 2.96. The number of anilines is 2. The predicted octanol–water partition coefficient (Wildman–Crippen LogP) is 1.10. The minimum absolute atomic E-state index is 0.184. The minimum atomic E-state index is -0.184. The van der Waals surface area contributed by atoms with Crippen molar-refractivity contribution in [3.8, 4) is 6.07 Å². The highest BCUT2D eigenvalue weighted by Crippen LogP contribution is 2.26. The number of nitriles is 1. The first kappa shape index (κ1) is 10.8. The molecule has 0 saturated carbocycles. The van der Waals surface area contributed by atoms with Gasteiger partial charge in [-0.25, -0.2) is 0 Å². The van der Waals surface area contributed by atoms with Crippen LogP contribution in [-0.2, 0) is 0 Å². The summed E-state index contributed by atoms with van der Waals surface area (Å²) in [6, 6.07) is 7.42. The zero-order chi connectivity index (χ0) is 11.5. The summed E-state index contributed by atoms with van der Waals surface area (Å²) < 4.78 is 0. The zero-order valence-electron chi connectivity index (χ0n) is 9.06. The van der Waals surface area contributed by atoms with Gasteiger partial charge in [-0.1, -0.05) is 0 Å². The molecule has 16 heavy (non-hydrogen) atoms. The van der Waals surface area contributed by atoms with Crippen molar-refractivity contribution < 1.29 is 5.11 Å². The normalized spacial score (nSPS) is 17.1. The Balaban J connectivity index is 2.18. The summed E-state index contributed by atoms with van der Waals surface area (Å²) in [5.74, 6) is 0. The van der Waals surface area contributed by atoms with Gasteiger partial charge < -0.3 is 15.7 Å². The van der Waals surface area contributed by atoms with Gasteiger partial charge in [-0.3, -0.25) is 0 Å². The Hall–Kier alpha value is -1.73. The lowest BCUT2D eigenvalue weighted by Crippen LogP contribution is -2.36. The monoisotopic (exact) mass is 217 g/mol. The number of hydrogen-bond donors (Lipinski definition) is 2. The van der Waals surface area contributed by atoms with Crippen molar-refractivity contribution in [2.24, 2.45) is 0 Å². The summed E-state index contributed by atoms with van der Waals surface area (Å²) >= 11 is 0. The SMILES string of the molecule is N#Cc1ccc(N2CCC(O)CC2)c(N)c1. The summed E-state index contributed by atoms with van der Waals surface area (Å²) in [7, 11) is 0. The second-order valence-corrected chi connectivity index (χ2v) is 4.10. The van der Waals surface area contributed by atoms with E-state index in [0.29, 0.717) is 11.3 Å². The number of piperidine rings is 1. The first-order valence-corrected chi connectivity index (χ1v) is 5.43. The van der Waals surface area contributed by atoms with Gasteiger partial charge in [-0.2, -0.15) is 5.26 Å². The predicted molar refractivity (Wildman–Crippen MR) is 63.0 cm³/mol. The first-order chi connectivity index (χ1) is 7.70. The van der Waals surface area contributed by atoms with E-state index in [0.717, 1.165) is 31.6 Å². The van der Waals surface area contributed by atoms with Crippen LogP contribution in [-0.4, -0.2) is 24.3 Å². The Morgan fingerprint density at radius 1 is 1.38 bits per heavy atom. The molecule has 0 unspecified atom stereocenters. The molecule has 1 heterocycles. The summed E-state index contributed by atoms with van der Waals surface area (Å²) in [5.41, 5.74) is 8.09. The molecular weight excluding hydrogens is 202 g/mol. The van der Waals surface area contributed by atoms with Crippen LogP contribution in [0.15, 0.2) is 18.2 Å². The number of nitrogens with zero attached hydrogens (tertiary/aromatic N) is 2. The van der Waals surface area contributed by atoms with Crippen LogP contribution in [0.2, 0.25) is 0 Å². The second kappa shape index (κ2) is 4.42. The highest BCUT2D eigenvalue weighted by atomic mass is 16.3. The van der Waals surface area contributed by atoms with Crippen molar-refractivity contribution >= 4 is 11.4 Å². The summed E-state index contributed by atoms with van der Waals surface area (Å²) in [5, 5.41) is 18.2. The van der Waals surface area contributed by atoms with Crippen molar-refractivity contribution in [2.75, 3.05) is 23.7 Å². The van der Waals surface area contributed by atoms with Gasteiger partial charge in [-0.15, -0.1) is 0 Å². The number of aliphatic hydroxyl groups is 1. The number of hydrogen-bond acceptors (Lipinski definition) is 4. The third-order valence-electron chi connectivity index (χ3n) is 2.96. The van der Waals surface area contributed by atoms with Gasteiger partial charge in [0.2, 0.25) is 0 Å². The molecule has 4 nitrogen and oxygen atoms in total. The maximum Gasteiger partial charge on any atom is 0.0992 e. The van der Waals surface area contributed by atoms with Gasteiger partial charge >= 0.3 is 0 Å². The van der Waals surface area contributed by atoms with Crippen molar-refractivity contribution in [1.29, 1.82) is 5.26 Å². The highest BCUT2D eigenvalue weighted by Gasteiger charge is 2.18. The van der Waals surface area contributed by atoms with Gasteiger partial charge in [0, 0.05) is 13.1 Å². The summed E-state index contributed by atoms with van der Waals surface area (Å²) in [6.07, 6.45) is 1.37. The molecule has 84 valence electrons. The molecule has 1 aliphatic heterocycles. The van der Waals surface area contributed by atoms with Gasteiger partial charge in [0.05, 0.1) is 29.1 Å². The molecule has 0 spiro atoms. The van der Waals surface area contributed by atoms with Crippen LogP contribution in [0, 0.1) is 11.3 Å². The van der Waals surface area contributed by atoms with E-state index in [1.165, 1.54) is 0 Å². The number of nitrogens with two attached hydrogens (primary N) is 1. The molecule has 3 N–H and O–H groups in total. The van der Waals surface area contributed by atoms with Crippen LogP contribution in [0.1, 0.15) is 18.4 Å². The van der Waals surface area contributed by atoms with Crippen LogP contribution in [0.25, 0.3) is 0 Å². The standard InChI is InChI=1S/C12H15N3O/c13-8-9-1-2-12(11(14)7-9)15-5-3-10(16)4-6-15/h1-2,7,10,16H,3-6,14H2. The van der Waals surface area contributed by atoms with E-state index >= 15 is 0 Å². The van der Waals surface area contributed by atoms with Crippen molar-refractivity contribution in [2.45, 2.75) is 18.9 Å². The summed E-state index contributed by atoms with van der Waals surface area (Å²) in [4.78, 5) is 2.16. The molecular formula is C12H15N3O. The van der Waals surface area contributed by atoms with E-state index < -0.39 is 0 Å². The van der Waals surface area contributed by atoms with E-state index in [4.69, 9.17) is 11.0 Å². The molecule has 1 fully saturated rings. The lowest BCUT2D eigenvalue weighted by molar-refractivity contribution is 0.145. The fourth-order valence-corrected chi connectivity index (χ4v) is 2.02. The third kappa shape index (κ3) is 2.10. The number of aliphatic hydroxyl groups excluding tert-OH is 1. The van der Waals surface area contributed by atoms with Crippen molar-refractivity contribution in [3.63, 3.8) is 0 Å². The average Bonchev–Trinajstić information content (AvgIpc) is 2.30. The number of rotatable bonds is 1. The van der Waals surface area contributed by atoms with Gasteiger partial charge in [-0.05, 0) is 31.0 Å². The molecule has 0 aliphatic carbocycles. The molecule has 1 aliphatic rings. The van der Waals surface area contributed by atoms with E-state index in [2.05, 4.69) is 11.0 Å². The van der Waals surface area contributed by atoms with Crippen LogP contribution < -0.4 is 10.6 Å². The molecule has 1 saturated heterocycles. The Kier molecular flexibility index (Phi) is 2.97. The molecule has 4 heteroatoms. The maximum absolute atomic E-state index is 9.42. The van der Waals surface area contributed by atoms with Crippen molar-refractivity contribution in [1.82, 2.24) is 0 Å². The molecule has 0 radical (unpaired) electrons. The van der Waals surface area contributed by atoms with E-state index in [-0.39, 0.29) is 6.10 Å². The zero-order valence-corrected chi connectivity index (χ0v) is 9.06. The Bertz CT molecular complexity index is 417. The Morgan fingerprint density at radius 2 is 2.06 bits per heavy atom. The maximum atomic E-state index is 9.42. The fraction of sp³-hybridized carbons (Fsp3) is 0.417. The first-order valence-electron chi connectivity index (χ1n) is 5.43. The molecule has 0 aromatic heterocycles. The van der Waals surface area contributed by atoms with E-state index in [9.17, 15) is 5.11 Å². The molecule has 0 amide bonds. The lowest BCUT2D eigenvalue weighted by atomic mass is 10.1. The average molecular weight is 217 g/mol. The molecule has 2 rings (SSSR count). The van der Waals surface area contributed by atoms with Crippen LogP contribution in [0.5, 0.6) is 0 Å². The van der Waals surface area contributed by atoms with Crippen molar-refractivity contribution in [3.05, 3.63) is 23.8 Å². The molecule has 0 atom stereocenters. The van der Waals surface area contributed by atoms with Gasteiger partial charge in [0.25, 0.3) is 0 Å². The van der Waals surface area contributed by atoms with E-state index in [1.807, 2.05) is 6.07 Å². The molecule has 1 aromatic rings. The Morgan fingerprint density at radius 3 is 2.62 bits per heavy atom. The topological polar surface area (TPSA) is 73.3 Å². The smallest absolute Gasteiger partial charge is 0.0992 e. The summed E-state index contributed by atoms with van der Waals surface area (Å²) in [6.45, 7) is 1.63. The minimum Gasteiger partial charge on any atom is -0.397 e. The van der Waals surface area contributed by atoms with Gasteiger partial charge in [0.15, 0.2) is 0 Å².